The number of esters is 1. The molecule has 0 fully saturated rings. The van der Waals surface area contributed by atoms with Crippen LogP contribution in [-0.4, -0.2) is 27.3 Å². The topological polar surface area (TPSA) is 77.0 Å². The van der Waals surface area contributed by atoms with Gasteiger partial charge in [-0.1, -0.05) is 30.3 Å². The number of hydrogen-bond donors (Lipinski definition) is 1. The van der Waals surface area contributed by atoms with Crippen LogP contribution < -0.4 is 5.56 Å². The number of benzene rings is 1. The second kappa shape index (κ2) is 6.70. The zero-order valence-corrected chi connectivity index (χ0v) is 13.7. The number of fused-ring (bicyclic) bond motifs is 1. The summed E-state index contributed by atoms with van der Waals surface area (Å²) in [5.74, 6) is -0.476. The summed E-state index contributed by atoms with van der Waals surface area (Å²) in [6, 6.07) is 11.5. The van der Waals surface area contributed by atoms with Gasteiger partial charge in [0.15, 0.2) is 5.69 Å². The second-order valence-corrected chi connectivity index (χ2v) is 5.57. The lowest BCUT2D eigenvalue weighted by Crippen LogP contribution is -2.10. The van der Waals surface area contributed by atoms with E-state index in [4.69, 9.17) is 4.74 Å². The van der Waals surface area contributed by atoms with Crippen LogP contribution in [0, 0.1) is 6.92 Å². The van der Waals surface area contributed by atoms with Gasteiger partial charge in [-0.15, -0.1) is 0 Å². The molecule has 124 valence electrons. The standard InChI is InChI=1S/C18H19N3O3/c1-3-24-18(23)16-15-12(2)11-14(22)19-17(15)21(20-16)10-9-13-7-5-4-6-8-13/h4-8,11H,3,9-10H2,1-2H3,(H,19,22). The highest BCUT2D eigenvalue weighted by molar-refractivity contribution is 6.02. The maximum Gasteiger partial charge on any atom is 0.359 e. The Balaban J connectivity index is 2.04. The molecule has 2 aromatic heterocycles. The van der Waals surface area contributed by atoms with Gasteiger partial charge in [0.1, 0.15) is 5.65 Å². The Morgan fingerprint density at radius 2 is 2.04 bits per heavy atom. The van der Waals surface area contributed by atoms with E-state index in [0.29, 0.717) is 23.1 Å². The molecule has 2 heterocycles. The molecule has 3 aromatic rings. The Labute approximate surface area is 139 Å². The van der Waals surface area contributed by atoms with Crippen molar-refractivity contribution < 1.29 is 9.53 Å². The van der Waals surface area contributed by atoms with E-state index >= 15 is 0 Å². The van der Waals surface area contributed by atoms with Crippen molar-refractivity contribution in [1.29, 1.82) is 0 Å². The molecular weight excluding hydrogens is 306 g/mol. The van der Waals surface area contributed by atoms with E-state index in [1.165, 1.54) is 6.07 Å². The van der Waals surface area contributed by atoms with E-state index in [9.17, 15) is 9.59 Å². The number of rotatable bonds is 5. The normalized spacial score (nSPS) is 10.9. The molecule has 0 saturated carbocycles. The van der Waals surface area contributed by atoms with Gasteiger partial charge in [0.25, 0.3) is 0 Å². The molecule has 0 aliphatic heterocycles. The fourth-order valence-electron chi connectivity index (χ4n) is 2.77. The summed E-state index contributed by atoms with van der Waals surface area (Å²) in [6.45, 7) is 4.38. The average molecular weight is 325 g/mol. The fraction of sp³-hybridized carbons (Fsp3) is 0.278. The molecule has 0 unspecified atom stereocenters. The number of carbonyl (C=O) groups is 1. The number of aromatic nitrogens is 3. The van der Waals surface area contributed by atoms with Gasteiger partial charge in [0.2, 0.25) is 5.56 Å². The predicted molar refractivity (Wildman–Crippen MR) is 91.2 cm³/mol. The number of aromatic amines is 1. The van der Waals surface area contributed by atoms with Crippen molar-refractivity contribution in [3.05, 3.63) is 63.6 Å². The fourth-order valence-corrected chi connectivity index (χ4v) is 2.77. The first-order valence-electron chi connectivity index (χ1n) is 7.91. The molecule has 0 saturated heterocycles. The van der Waals surface area contributed by atoms with Gasteiger partial charge in [-0.25, -0.2) is 9.48 Å². The van der Waals surface area contributed by atoms with Crippen LogP contribution in [0.1, 0.15) is 28.5 Å². The minimum Gasteiger partial charge on any atom is -0.461 e. The molecule has 1 N–H and O–H groups in total. The van der Waals surface area contributed by atoms with Crippen molar-refractivity contribution in [2.24, 2.45) is 0 Å². The van der Waals surface area contributed by atoms with Gasteiger partial charge in [0, 0.05) is 12.6 Å². The van der Waals surface area contributed by atoms with Crippen molar-refractivity contribution in [1.82, 2.24) is 14.8 Å². The van der Waals surface area contributed by atoms with Crippen LogP contribution in [0.15, 0.2) is 41.2 Å². The van der Waals surface area contributed by atoms with Gasteiger partial charge >= 0.3 is 5.97 Å². The molecule has 1 aromatic carbocycles. The largest absolute Gasteiger partial charge is 0.461 e. The smallest absolute Gasteiger partial charge is 0.359 e. The maximum atomic E-state index is 12.2. The third-order valence-electron chi connectivity index (χ3n) is 3.86. The molecular formula is C18H19N3O3. The minimum absolute atomic E-state index is 0.212. The first-order valence-corrected chi connectivity index (χ1v) is 7.91. The van der Waals surface area contributed by atoms with Gasteiger partial charge in [-0.05, 0) is 31.4 Å². The first kappa shape index (κ1) is 16.0. The second-order valence-electron chi connectivity index (χ2n) is 5.57. The first-order chi connectivity index (χ1) is 11.6. The monoisotopic (exact) mass is 325 g/mol. The number of hydrogen-bond acceptors (Lipinski definition) is 4. The van der Waals surface area contributed by atoms with Crippen molar-refractivity contribution in [3.8, 4) is 0 Å². The third kappa shape index (κ3) is 3.08. The summed E-state index contributed by atoms with van der Waals surface area (Å²) in [5, 5.41) is 5.04. The van der Waals surface area contributed by atoms with Gasteiger partial charge in [0.05, 0.1) is 12.0 Å². The van der Waals surface area contributed by atoms with Crippen LogP contribution in [0.5, 0.6) is 0 Å². The summed E-state index contributed by atoms with van der Waals surface area (Å²) in [5.41, 5.74) is 2.46. The molecule has 6 nitrogen and oxygen atoms in total. The Morgan fingerprint density at radius 3 is 2.75 bits per heavy atom. The number of pyridine rings is 1. The third-order valence-corrected chi connectivity index (χ3v) is 3.86. The number of nitrogens with one attached hydrogen (secondary N) is 1. The number of carbonyl (C=O) groups excluding carboxylic acids is 1. The van der Waals surface area contributed by atoms with E-state index in [1.54, 1.807) is 18.5 Å². The maximum absolute atomic E-state index is 12.2. The number of H-pyrrole nitrogens is 1. The summed E-state index contributed by atoms with van der Waals surface area (Å²) >= 11 is 0. The van der Waals surface area contributed by atoms with Gasteiger partial charge in [-0.3, -0.25) is 4.79 Å². The van der Waals surface area contributed by atoms with E-state index in [-0.39, 0.29) is 17.9 Å². The molecule has 0 spiro atoms. The number of aryl methyl sites for hydroxylation is 3. The van der Waals surface area contributed by atoms with Crippen LogP contribution in [0.3, 0.4) is 0 Å². The van der Waals surface area contributed by atoms with Crippen molar-refractivity contribution in [2.75, 3.05) is 6.61 Å². The summed E-state index contributed by atoms with van der Waals surface area (Å²) < 4.78 is 6.76. The molecule has 0 amide bonds. The lowest BCUT2D eigenvalue weighted by molar-refractivity contribution is 0.0520. The molecule has 24 heavy (non-hydrogen) atoms. The van der Waals surface area contributed by atoms with Crippen LogP contribution >= 0.6 is 0 Å². The number of ether oxygens (including phenoxy) is 1. The van der Waals surface area contributed by atoms with Crippen LogP contribution in [0.2, 0.25) is 0 Å². The molecule has 0 atom stereocenters. The zero-order chi connectivity index (χ0) is 17.1. The van der Waals surface area contributed by atoms with E-state index in [0.717, 1.165) is 12.0 Å². The van der Waals surface area contributed by atoms with E-state index < -0.39 is 5.97 Å². The molecule has 0 aliphatic rings. The van der Waals surface area contributed by atoms with Gasteiger partial charge < -0.3 is 9.72 Å². The zero-order valence-electron chi connectivity index (χ0n) is 13.7. The van der Waals surface area contributed by atoms with Crippen molar-refractivity contribution >= 4 is 17.0 Å². The van der Waals surface area contributed by atoms with Crippen molar-refractivity contribution in [2.45, 2.75) is 26.8 Å². The molecule has 6 heteroatoms. The van der Waals surface area contributed by atoms with Crippen LogP contribution in [-0.2, 0) is 17.7 Å². The average Bonchev–Trinajstić information content (AvgIpc) is 2.93. The van der Waals surface area contributed by atoms with Crippen LogP contribution in [0.25, 0.3) is 11.0 Å². The number of nitrogens with zero attached hydrogens (tertiary/aromatic N) is 2. The highest BCUT2D eigenvalue weighted by Gasteiger charge is 2.20. The van der Waals surface area contributed by atoms with Gasteiger partial charge in [-0.2, -0.15) is 5.10 Å². The molecule has 0 aliphatic carbocycles. The lowest BCUT2D eigenvalue weighted by atomic mass is 10.1. The lowest BCUT2D eigenvalue weighted by Gasteiger charge is -2.04. The molecule has 0 radical (unpaired) electrons. The van der Waals surface area contributed by atoms with Crippen LogP contribution in [0.4, 0.5) is 0 Å². The Morgan fingerprint density at radius 1 is 1.29 bits per heavy atom. The van der Waals surface area contributed by atoms with E-state index in [1.807, 2.05) is 30.3 Å². The highest BCUT2D eigenvalue weighted by atomic mass is 16.5. The van der Waals surface area contributed by atoms with Crippen molar-refractivity contribution in [3.63, 3.8) is 0 Å². The van der Waals surface area contributed by atoms with E-state index in [2.05, 4.69) is 10.1 Å². The SMILES string of the molecule is CCOC(=O)c1nn(CCc2ccccc2)c2[nH]c(=O)cc(C)c12. The predicted octanol–water partition coefficient (Wildman–Crippen LogP) is 2.45. The summed E-state index contributed by atoms with van der Waals surface area (Å²) in [6.07, 6.45) is 0.746. The molecule has 0 bridgehead atoms. The minimum atomic E-state index is -0.476. The molecule has 3 rings (SSSR count). The Hall–Kier alpha value is -2.89. The quantitative estimate of drug-likeness (QED) is 0.731. The highest BCUT2D eigenvalue weighted by Crippen LogP contribution is 2.20. The summed E-state index contributed by atoms with van der Waals surface area (Å²) in [7, 11) is 0. The summed E-state index contributed by atoms with van der Waals surface area (Å²) in [4.78, 5) is 26.8. The Kier molecular flexibility index (Phi) is 4.46. The Bertz CT molecular complexity index is 926.